The average Bonchev–Trinajstić information content (AvgIpc) is 2.02. The van der Waals surface area contributed by atoms with E-state index in [0.717, 1.165) is 0 Å². The van der Waals surface area contributed by atoms with E-state index in [2.05, 4.69) is 0 Å². The molecule has 0 aromatic heterocycles. The molecule has 4 nitrogen and oxygen atoms in total. The summed E-state index contributed by atoms with van der Waals surface area (Å²) < 4.78 is 0. The van der Waals surface area contributed by atoms with Gasteiger partial charge in [-0.1, -0.05) is 6.92 Å². The summed E-state index contributed by atoms with van der Waals surface area (Å²) in [6.45, 7) is 4.03. The van der Waals surface area contributed by atoms with E-state index in [4.69, 9.17) is 11.5 Å². The first kappa shape index (κ1) is 11.8. The standard InChI is InChI=1S/C8H20N2O2/c1-6(4-9)7(11)3-8(2,12)5-10/h6-7,11-12H,3-5,9-10H2,1-2H3. The molecule has 0 saturated heterocycles. The second-order valence-electron chi connectivity index (χ2n) is 3.69. The molecule has 0 bridgehead atoms. The first-order chi connectivity index (χ1) is 5.43. The molecule has 3 unspecified atom stereocenters. The van der Waals surface area contributed by atoms with Crippen LogP contribution in [0.3, 0.4) is 0 Å². The maximum Gasteiger partial charge on any atom is 0.0766 e. The van der Waals surface area contributed by atoms with Crippen molar-refractivity contribution in [3.63, 3.8) is 0 Å². The second-order valence-corrected chi connectivity index (χ2v) is 3.69. The molecule has 0 aromatic carbocycles. The molecule has 12 heavy (non-hydrogen) atoms. The molecule has 0 aliphatic carbocycles. The van der Waals surface area contributed by atoms with Gasteiger partial charge >= 0.3 is 0 Å². The van der Waals surface area contributed by atoms with E-state index in [0.29, 0.717) is 6.54 Å². The summed E-state index contributed by atoms with van der Waals surface area (Å²) in [5.41, 5.74) is 9.68. The highest BCUT2D eigenvalue weighted by Gasteiger charge is 2.25. The van der Waals surface area contributed by atoms with Crippen molar-refractivity contribution >= 4 is 0 Å². The number of hydrogen-bond donors (Lipinski definition) is 4. The van der Waals surface area contributed by atoms with Gasteiger partial charge in [0.15, 0.2) is 0 Å². The van der Waals surface area contributed by atoms with Gasteiger partial charge in [-0.3, -0.25) is 0 Å². The molecule has 0 aliphatic rings. The van der Waals surface area contributed by atoms with Gasteiger partial charge < -0.3 is 21.7 Å². The smallest absolute Gasteiger partial charge is 0.0766 e. The maximum absolute atomic E-state index is 9.51. The lowest BCUT2D eigenvalue weighted by molar-refractivity contribution is -0.00585. The van der Waals surface area contributed by atoms with Crippen molar-refractivity contribution in [3.8, 4) is 0 Å². The lowest BCUT2D eigenvalue weighted by Gasteiger charge is -2.26. The predicted octanol–water partition coefficient (Wildman–Crippen LogP) is -0.958. The molecule has 0 fully saturated rings. The van der Waals surface area contributed by atoms with Gasteiger partial charge in [-0.15, -0.1) is 0 Å². The number of nitrogens with two attached hydrogens (primary N) is 2. The zero-order chi connectivity index (χ0) is 9.78. The molecule has 0 aromatic rings. The van der Waals surface area contributed by atoms with Crippen molar-refractivity contribution in [1.82, 2.24) is 0 Å². The minimum atomic E-state index is -0.983. The van der Waals surface area contributed by atoms with Crippen LogP contribution in [0.4, 0.5) is 0 Å². The Kier molecular flexibility index (Phi) is 4.70. The van der Waals surface area contributed by atoms with E-state index in [1.807, 2.05) is 6.92 Å². The van der Waals surface area contributed by atoms with Gasteiger partial charge in [0.2, 0.25) is 0 Å². The van der Waals surface area contributed by atoms with Crippen molar-refractivity contribution in [1.29, 1.82) is 0 Å². The summed E-state index contributed by atoms with van der Waals surface area (Å²) in [6.07, 6.45) is -0.296. The highest BCUT2D eigenvalue weighted by Crippen LogP contribution is 2.15. The lowest BCUT2D eigenvalue weighted by Crippen LogP contribution is -2.40. The molecule has 0 saturated carbocycles. The molecule has 0 aliphatic heterocycles. The average molecular weight is 176 g/mol. The van der Waals surface area contributed by atoms with E-state index < -0.39 is 11.7 Å². The van der Waals surface area contributed by atoms with Gasteiger partial charge in [0.1, 0.15) is 0 Å². The van der Waals surface area contributed by atoms with Gasteiger partial charge in [-0.05, 0) is 19.4 Å². The van der Waals surface area contributed by atoms with Crippen LogP contribution >= 0.6 is 0 Å². The number of rotatable bonds is 5. The number of aliphatic hydroxyl groups excluding tert-OH is 1. The van der Waals surface area contributed by atoms with E-state index in [1.54, 1.807) is 6.92 Å². The van der Waals surface area contributed by atoms with Crippen LogP contribution in [0.1, 0.15) is 20.3 Å². The third kappa shape index (κ3) is 4.01. The monoisotopic (exact) mass is 176 g/mol. The zero-order valence-electron chi connectivity index (χ0n) is 7.83. The Labute approximate surface area is 73.6 Å². The van der Waals surface area contributed by atoms with Crippen molar-refractivity contribution in [2.24, 2.45) is 17.4 Å². The van der Waals surface area contributed by atoms with Gasteiger partial charge in [-0.2, -0.15) is 0 Å². The van der Waals surface area contributed by atoms with Gasteiger partial charge in [0.05, 0.1) is 11.7 Å². The third-order valence-electron chi connectivity index (χ3n) is 2.12. The van der Waals surface area contributed by atoms with E-state index in [1.165, 1.54) is 0 Å². The Bertz CT molecular complexity index is 128. The van der Waals surface area contributed by atoms with Crippen LogP contribution in [0.15, 0.2) is 0 Å². The molecule has 0 spiro atoms. The molecule has 6 N–H and O–H groups in total. The number of hydrogen-bond acceptors (Lipinski definition) is 4. The summed E-state index contributed by atoms with van der Waals surface area (Å²) in [4.78, 5) is 0. The third-order valence-corrected chi connectivity index (χ3v) is 2.12. The Hall–Kier alpha value is -0.160. The van der Waals surface area contributed by atoms with Crippen molar-refractivity contribution in [2.45, 2.75) is 32.0 Å². The predicted molar refractivity (Wildman–Crippen MR) is 48.5 cm³/mol. The fourth-order valence-corrected chi connectivity index (χ4v) is 0.892. The minimum Gasteiger partial charge on any atom is -0.393 e. The quantitative estimate of drug-likeness (QED) is 0.434. The molecule has 3 atom stereocenters. The fraction of sp³-hybridized carbons (Fsp3) is 1.00. The fourth-order valence-electron chi connectivity index (χ4n) is 0.892. The SMILES string of the molecule is CC(CN)C(O)CC(C)(O)CN. The highest BCUT2D eigenvalue weighted by atomic mass is 16.3. The Morgan fingerprint density at radius 2 is 1.92 bits per heavy atom. The Morgan fingerprint density at radius 1 is 1.42 bits per heavy atom. The van der Waals surface area contributed by atoms with Crippen LogP contribution in [0.5, 0.6) is 0 Å². The second kappa shape index (κ2) is 4.77. The van der Waals surface area contributed by atoms with Gasteiger partial charge in [0.25, 0.3) is 0 Å². The maximum atomic E-state index is 9.51. The topological polar surface area (TPSA) is 92.5 Å². The molecule has 74 valence electrons. The molecule has 0 rings (SSSR count). The van der Waals surface area contributed by atoms with Crippen LogP contribution in [0, 0.1) is 5.92 Å². The van der Waals surface area contributed by atoms with Crippen LogP contribution in [-0.4, -0.2) is 35.0 Å². The van der Waals surface area contributed by atoms with E-state index in [9.17, 15) is 10.2 Å². The molecule has 0 radical (unpaired) electrons. The van der Waals surface area contributed by atoms with E-state index in [-0.39, 0.29) is 18.9 Å². The summed E-state index contributed by atoms with van der Waals surface area (Å²) in [7, 11) is 0. The molecular formula is C8H20N2O2. The molecule has 0 amide bonds. The van der Waals surface area contributed by atoms with Crippen molar-refractivity contribution < 1.29 is 10.2 Å². The lowest BCUT2D eigenvalue weighted by atomic mass is 9.92. The van der Waals surface area contributed by atoms with Crippen LogP contribution in [0.25, 0.3) is 0 Å². The zero-order valence-corrected chi connectivity index (χ0v) is 7.83. The van der Waals surface area contributed by atoms with Crippen molar-refractivity contribution in [3.05, 3.63) is 0 Å². The number of aliphatic hydroxyl groups is 2. The first-order valence-corrected chi connectivity index (χ1v) is 4.23. The summed E-state index contributed by atoms with van der Waals surface area (Å²) in [5, 5.41) is 19.0. The minimum absolute atomic E-state index is 0.00280. The van der Waals surface area contributed by atoms with Crippen molar-refractivity contribution in [2.75, 3.05) is 13.1 Å². The highest BCUT2D eigenvalue weighted by molar-refractivity contribution is 4.79. The molecule has 4 heteroatoms. The first-order valence-electron chi connectivity index (χ1n) is 4.23. The van der Waals surface area contributed by atoms with Gasteiger partial charge in [-0.25, -0.2) is 0 Å². The van der Waals surface area contributed by atoms with Crippen LogP contribution < -0.4 is 11.5 Å². The largest absolute Gasteiger partial charge is 0.393 e. The molecule has 0 heterocycles. The summed E-state index contributed by atoms with van der Waals surface area (Å²) in [5.74, 6) is 0.00280. The summed E-state index contributed by atoms with van der Waals surface area (Å²) >= 11 is 0. The van der Waals surface area contributed by atoms with Crippen LogP contribution in [-0.2, 0) is 0 Å². The summed E-state index contributed by atoms with van der Waals surface area (Å²) in [6, 6.07) is 0. The molecular weight excluding hydrogens is 156 g/mol. The van der Waals surface area contributed by atoms with E-state index >= 15 is 0 Å². The Balaban J connectivity index is 3.90. The normalized spacial score (nSPS) is 21.5. The Morgan fingerprint density at radius 3 is 2.25 bits per heavy atom. The van der Waals surface area contributed by atoms with Crippen LogP contribution in [0.2, 0.25) is 0 Å². The van der Waals surface area contributed by atoms with Gasteiger partial charge in [0, 0.05) is 13.0 Å².